The second kappa shape index (κ2) is 6.69. The Bertz CT molecular complexity index is 701. The molecule has 140 valence electrons. The third kappa shape index (κ3) is 2.92. The molecule has 2 fully saturated rings. The van der Waals surface area contributed by atoms with E-state index in [4.69, 9.17) is 0 Å². The van der Waals surface area contributed by atoms with Gasteiger partial charge in [-0.25, -0.2) is 0 Å². The van der Waals surface area contributed by atoms with Gasteiger partial charge in [0.25, 0.3) is 5.91 Å². The van der Waals surface area contributed by atoms with Crippen molar-refractivity contribution in [3.8, 4) is 0 Å². The molecular formula is C21H29N3O2. The maximum Gasteiger partial charge on any atom is 0.250 e. The number of para-hydroxylation sites is 2. The van der Waals surface area contributed by atoms with Crippen molar-refractivity contribution in [2.24, 2.45) is 11.8 Å². The minimum Gasteiger partial charge on any atom is -0.322 e. The molecule has 1 N–H and O–H groups in total. The molecule has 2 heterocycles. The molecule has 1 saturated carbocycles. The first kappa shape index (κ1) is 17.5. The molecule has 2 aliphatic heterocycles. The number of likely N-dealkylation sites (tertiary alicyclic amines) is 1. The van der Waals surface area contributed by atoms with Crippen LogP contribution >= 0.6 is 0 Å². The normalized spacial score (nSPS) is 28.1. The van der Waals surface area contributed by atoms with E-state index in [0.29, 0.717) is 18.4 Å². The molecule has 4 rings (SSSR count). The zero-order chi connectivity index (χ0) is 18.3. The van der Waals surface area contributed by atoms with Crippen LogP contribution < -0.4 is 10.2 Å². The Kier molecular flexibility index (Phi) is 4.51. The standard InChI is InChI=1S/C21H29N3O2/c1-15-11-16(2)13-23(12-15)14-19(25)24-18-8-4-3-7-17(18)22-20(26)21(24)9-5-6-10-21/h3-4,7-8,15-16H,5-6,9-14H2,1-2H3,(H,22,26)/t15-,16+. The molecule has 2 amide bonds. The number of piperidine rings is 1. The topological polar surface area (TPSA) is 52.7 Å². The van der Waals surface area contributed by atoms with Crippen molar-refractivity contribution in [1.29, 1.82) is 0 Å². The fourth-order valence-corrected chi connectivity index (χ4v) is 5.31. The summed E-state index contributed by atoms with van der Waals surface area (Å²) in [6.07, 6.45) is 4.73. The number of anilines is 2. The van der Waals surface area contributed by atoms with Crippen molar-refractivity contribution in [3.05, 3.63) is 24.3 Å². The van der Waals surface area contributed by atoms with E-state index in [1.807, 2.05) is 29.2 Å². The highest BCUT2D eigenvalue weighted by Crippen LogP contribution is 2.45. The molecule has 5 heteroatoms. The van der Waals surface area contributed by atoms with Crippen molar-refractivity contribution in [2.75, 3.05) is 29.9 Å². The van der Waals surface area contributed by atoms with E-state index >= 15 is 0 Å². The van der Waals surface area contributed by atoms with Crippen LogP contribution in [0.2, 0.25) is 0 Å². The largest absolute Gasteiger partial charge is 0.322 e. The van der Waals surface area contributed by atoms with Gasteiger partial charge in [0.2, 0.25) is 5.91 Å². The van der Waals surface area contributed by atoms with Crippen LogP contribution in [-0.2, 0) is 9.59 Å². The van der Waals surface area contributed by atoms with Crippen LogP contribution in [-0.4, -0.2) is 41.9 Å². The quantitative estimate of drug-likeness (QED) is 0.886. The summed E-state index contributed by atoms with van der Waals surface area (Å²) < 4.78 is 0. The third-order valence-corrected chi connectivity index (χ3v) is 6.23. The Morgan fingerprint density at radius 2 is 1.81 bits per heavy atom. The van der Waals surface area contributed by atoms with Crippen molar-refractivity contribution in [1.82, 2.24) is 4.90 Å². The molecule has 0 aromatic heterocycles. The fraction of sp³-hybridized carbons (Fsp3) is 0.619. The lowest BCUT2D eigenvalue weighted by Crippen LogP contribution is -2.62. The first-order valence-electron chi connectivity index (χ1n) is 9.95. The van der Waals surface area contributed by atoms with Gasteiger partial charge >= 0.3 is 0 Å². The maximum atomic E-state index is 13.5. The molecule has 3 aliphatic rings. The van der Waals surface area contributed by atoms with Gasteiger partial charge in [0.15, 0.2) is 0 Å². The molecule has 1 aliphatic carbocycles. The Hall–Kier alpha value is -1.88. The van der Waals surface area contributed by atoms with Gasteiger partial charge < -0.3 is 5.32 Å². The van der Waals surface area contributed by atoms with E-state index in [0.717, 1.165) is 50.1 Å². The van der Waals surface area contributed by atoms with Gasteiger partial charge in [-0.15, -0.1) is 0 Å². The molecule has 1 aromatic rings. The zero-order valence-corrected chi connectivity index (χ0v) is 15.8. The molecule has 1 saturated heterocycles. The smallest absolute Gasteiger partial charge is 0.250 e. The van der Waals surface area contributed by atoms with Gasteiger partial charge in [0.1, 0.15) is 5.54 Å². The number of benzene rings is 1. The summed E-state index contributed by atoms with van der Waals surface area (Å²) in [5, 5.41) is 3.05. The number of amides is 2. The molecule has 26 heavy (non-hydrogen) atoms. The average molecular weight is 355 g/mol. The lowest BCUT2D eigenvalue weighted by Gasteiger charge is -2.45. The van der Waals surface area contributed by atoms with E-state index in [1.54, 1.807) is 0 Å². The number of carbonyl (C=O) groups excluding carboxylic acids is 2. The van der Waals surface area contributed by atoms with E-state index in [9.17, 15) is 9.59 Å². The fourth-order valence-electron chi connectivity index (χ4n) is 5.31. The number of rotatable bonds is 2. The van der Waals surface area contributed by atoms with Crippen LogP contribution in [0.25, 0.3) is 0 Å². The zero-order valence-electron chi connectivity index (χ0n) is 15.8. The van der Waals surface area contributed by atoms with E-state index in [2.05, 4.69) is 24.1 Å². The second-order valence-corrected chi connectivity index (χ2v) is 8.58. The first-order valence-corrected chi connectivity index (χ1v) is 9.95. The third-order valence-electron chi connectivity index (χ3n) is 6.23. The minimum atomic E-state index is -0.696. The molecule has 1 spiro atoms. The molecular weight excluding hydrogens is 326 g/mol. The van der Waals surface area contributed by atoms with Gasteiger partial charge in [-0.05, 0) is 43.2 Å². The van der Waals surface area contributed by atoms with Gasteiger partial charge in [-0.1, -0.05) is 38.8 Å². The minimum absolute atomic E-state index is 0.0116. The molecule has 5 nitrogen and oxygen atoms in total. The van der Waals surface area contributed by atoms with Crippen LogP contribution in [0.3, 0.4) is 0 Å². The molecule has 0 radical (unpaired) electrons. The summed E-state index contributed by atoms with van der Waals surface area (Å²) >= 11 is 0. The summed E-state index contributed by atoms with van der Waals surface area (Å²) in [5.74, 6) is 1.28. The van der Waals surface area contributed by atoms with Crippen molar-refractivity contribution in [2.45, 2.75) is 51.5 Å². The Morgan fingerprint density at radius 1 is 1.15 bits per heavy atom. The predicted molar refractivity (Wildman–Crippen MR) is 103 cm³/mol. The van der Waals surface area contributed by atoms with E-state index in [1.165, 1.54) is 6.42 Å². The molecule has 0 unspecified atom stereocenters. The predicted octanol–water partition coefficient (Wildman–Crippen LogP) is 3.26. The van der Waals surface area contributed by atoms with Gasteiger partial charge in [0, 0.05) is 13.1 Å². The highest BCUT2D eigenvalue weighted by Gasteiger charge is 2.52. The molecule has 0 bridgehead atoms. The Balaban J connectivity index is 1.65. The number of hydrogen-bond donors (Lipinski definition) is 1. The van der Waals surface area contributed by atoms with Crippen LogP contribution in [0.5, 0.6) is 0 Å². The van der Waals surface area contributed by atoms with Gasteiger partial charge in [-0.3, -0.25) is 19.4 Å². The van der Waals surface area contributed by atoms with E-state index < -0.39 is 5.54 Å². The van der Waals surface area contributed by atoms with E-state index in [-0.39, 0.29) is 11.8 Å². The van der Waals surface area contributed by atoms with Crippen LogP contribution in [0, 0.1) is 11.8 Å². The summed E-state index contributed by atoms with van der Waals surface area (Å²) in [7, 11) is 0. The Morgan fingerprint density at radius 3 is 2.50 bits per heavy atom. The summed E-state index contributed by atoms with van der Waals surface area (Å²) in [6.45, 7) is 6.85. The van der Waals surface area contributed by atoms with Crippen molar-refractivity contribution >= 4 is 23.2 Å². The van der Waals surface area contributed by atoms with Crippen LogP contribution in [0.15, 0.2) is 24.3 Å². The number of nitrogens with zero attached hydrogens (tertiary/aromatic N) is 2. The number of nitrogens with one attached hydrogen (secondary N) is 1. The van der Waals surface area contributed by atoms with Crippen LogP contribution in [0.4, 0.5) is 11.4 Å². The lowest BCUT2D eigenvalue weighted by atomic mass is 9.89. The molecule has 2 atom stereocenters. The van der Waals surface area contributed by atoms with Crippen molar-refractivity contribution in [3.63, 3.8) is 0 Å². The van der Waals surface area contributed by atoms with Crippen LogP contribution in [0.1, 0.15) is 46.0 Å². The average Bonchev–Trinajstić information content (AvgIpc) is 3.05. The second-order valence-electron chi connectivity index (χ2n) is 8.58. The highest BCUT2D eigenvalue weighted by atomic mass is 16.2. The monoisotopic (exact) mass is 355 g/mol. The SMILES string of the molecule is C[C@@H]1C[C@H](C)CN(CC(=O)N2c3ccccc3NC(=O)C23CCCC3)C1. The lowest BCUT2D eigenvalue weighted by molar-refractivity contribution is -0.128. The summed E-state index contributed by atoms with van der Waals surface area (Å²) in [4.78, 5) is 30.5. The van der Waals surface area contributed by atoms with Gasteiger partial charge in [-0.2, -0.15) is 0 Å². The Labute approximate surface area is 155 Å². The number of carbonyl (C=O) groups is 2. The number of fused-ring (bicyclic) bond motifs is 1. The van der Waals surface area contributed by atoms with Crippen molar-refractivity contribution < 1.29 is 9.59 Å². The first-order chi connectivity index (χ1) is 12.5. The summed E-state index contributed by atoms with van der Waals surface area (Å²) in [5.41, 5.74) is 0.916. The maximum absolute atomic E-state index is 13.5. The summed E-state index contributed by atoms with van der Waals surface area (Å²) in [6, 6.07) is 7.71. The number of hydrogen-bond acceptors (Lipinski definition) is 3. The molecule has 1 aromatic carbocycles. The highest BCUT2D eigenvalue weighted by molar-refractivity contribution is 6.15. The van der Waals surface area contributed by atoms with Gasteiger partial charge in [0.05, 0.1) is 17.9 Å².